The molecule has 4 nitrogen and oxygen atoms in total. The lowest BCUT2D eigenvalue weighted by atomic mass is 10.2. The van der Waals surface area contributed by atoms with E-state index in [0.29, 0.717) is 11.6 Å². The predicted octanol–water partition coefficient (Wildman–Crippen LogP) is 3.31. The number of rotatable bonds is 5. The van der Waals surface area contributed by atoms with Crippen LogP contribution in [0.2, 0.25) is 0 Å². The lowest BCUT2D eigenvalue weighted by Gasteiger charge is -2.07. The van der Waals surface area contributed by atoms with E-state index < -0.39 is 0 Å². The maximum atomic E-state index is 6.10. The lowest BCUT2D eigenvalue weighted by molar-refractivity contribution is 0.432. The second kappa shape index (κ2) is 5.78. The van der Waals surface area contributed by atoms with Gasteiger partial charge in [0.15, 0.2) is 0 Å². The molecular formula is C15H21N3O. The quantitative estimate of drug-likeness (QED) is 0.896. The van der Waals surface area contributed by atoms with E-state index in [2.05, 4.69) is 25.0 Å². The second-order valence-corrected chi connectivity index (χ2v) is 4.64. The summed E-state index contributed by atoms with van der Waals surface area (Å²) in [4.78, 5) is 0. The summed E-state index contributed by atoms with van der Waals surface area (Å²) < 4.78 is 7.59. The van der Waals surface area contributed by atoms with Gasteiger partial charge < -0.3 is 10.5 Å². The molecule has 0 saturated heterocycles. The Morgan fingerprint density at radius 1 is 1.32 bits per heavy atom. The van der Waals surface area contributed by atoms with E-state index in [1.54, 1.807) is 4.68 Å². The van der Waals surface area contributed by atoms with Gasteiger partial charge in [-0.1, -0.05) is 32.4 Å². The van der Waals surface area contributed by atoms with E-state index in [1.165, 1.54) is 5.56 Å². The number of ether oxygens (including phenoxy) is 1. The van der Waals surface area contributed by atoms with Crippen LogP contribution >= 0.6 is 0 Å². The number of hydrogen-bond donors (Lipinski definition) is 1. The summed E-state index contributed by atoms with van der Waals surface area (Å²) in [5.74, 6) is 1.42. The van der Waals surface area contributed by atoms with E-state index in [9.17, 15) is 0 Å². The van der Waals surface area contributed by atoms with Gasteiger partial charge in [-0.25, -0.2) is 4.68 Å². The fourth-order valence-electron chi connectivity index (χ4n) is 2.06. The highest BCUT2D eigenvalue weighted by molar-refractivity contribution is 5.54. The SMILES string of the molecule is CCCc1nn(C)c(Oc2cccc(CC)c2)c1N. The van der Waals surface area contributed by atoms with Crippen molar-refractivity contribution in [3.63, 3.8) is 0 Å². The van der Waals surface area contributed by atoms with Gasteiger partial charge in [0.1, 0.15) is 11.4 Å². The molecule has 0 saturated carbocycles. The zero-order chi connectivity index (χ0) is 13.8. The molecule has 0 fully saturated rings. The van der Waals surface area contributed by atoms with Crippen LogP contribution in [0.25, 0.3) is 0 Å². The third kappa shape index (κ3) is 2.89. The van der Waals surface area contributed by atoms with Crippen LogP contribution in [0.3, 0.4) is 0 Å². The van der Waals surface area contributed by atoms with Crippen molar-refractivity contribution in [2.75, 3.05) is 5.73 Å². The molecule has 0 radical (unpaired) electrons. The molecule has 19 heavy (non-hydrogen) atoms. The Labute approximate surface area is 114 Å². The third-order valence-corrected chi connectivity index (χ3v) is 3.11. The predicted molar refractivity (Wildman–Crippen MR) is 77.5 cm³/mol. The van der Waals surface area contributed by atoms with Crippen LogP contribution < -0.4 is 10.5 Å². The van der Waals surface area contributed by atoms with Crippen molar-refractivity contribution >= 4 is 5.69 Å². The summed E-state index contributed by atoms with van der Waals surface area (Å²) in [6, 6.07) is 8.05. The van der Waals surface area contributed by atoms with Crippen molar-refractivity contribution in [3.05, 3.63) is 35.5 Å². The summed E-state index contributed by atoms with van der Waals surface area (Å²) in [6.45, 7) is 4.23. The number of aryl methyl sites for hydroxylation is 3. The van der Waals surface area contributed by atoms with Crippen LogP contribution in [0.15, 0.2) is 24.3 Å². The molecule has 0 spiro atoms. The average Bonchev–Trinajstić information content (AvgIpc) is 2.67. The Morgan fingerprint density at radius 3 is 2.79 bits per heavy atom. The molecule has 0 unspecified atom stereocenters. The maximum absolute atomic E-state index is 6.10. The molecule has 0 atom stereocenters. The van der Waals surface area contributed by atoms with E-state index in [-0.39, 0.29) is 0 Å². The number of nitrogens with two attached hydrogens (primary N) is 1. The Bertz CT molecular complexity index is 561. The van der Waals surface area contributed by atoms with Crippen LogP contribution in [-0.4, -0.2) is 9.78 Å². The van der Waals surface area contributed by atoms with Crippen LogP contribution in [0.1, 0.15) is 31.5 Å². The molecule has 2 aromatic rings. The first-order valence-electron chi connectivity index (χ1n) is 6.73. The molecule has 0 aliphatic carbocycles. The Balaban J connectivity index is 2.27. The molecule has 1 aromatic heterocycles. The zero-order valence-electron chi connectivity index (χ0n) is 11.8. The van der Waals surface area contributed by atoms with Crippen LogP contribution in [-0.2, 0) is 19.9 Å². The highest BCUT2D eigenvalue weighted by atomic mass is 16.5. The van der Waals surface area contributed by atoms with Gasteiger partial charge in [0.2, 0.25) is 5.88 Å². The average molecular weight is 259 g/mol. The van der Waals surface area contributed by atoms with Gasteiger partial charge in [-0.15, -0.1) is 0 Å². The molecule has 0 aliphatic rings. The molecule has 1 aromatic carbocycles. The van der Waals surface area contributed by atoms with E-state index in [1.807, 2.05) is 25.2 Å². The minimum atomic E-state index is 0.622. The number of benzene rings is 1. The van der Waals surface area contributed by atoms with Gasteiger partial charge in [-0.3, -0.25) is 0 Å². The first-order valence-corrected chi connectivity index (χ1v) is 6.73. The monoisotopic (exact) mass is 259 g/mol. The largest absolute Gasteiger partial charge is 0.437 e. The normalized spacial score (nSPS) is 10.7. The number of hydrogen-bond acceptors (Lipinski definition) is 3. The number of anilines is 1. The summed E-state index contributed by atoms with van der Waals surface area (Å²) in [7, 11) is 1.86. The summed E-state index contributed by atoms with van der Waals surface area (Å²) in [6.07, 6.45) is 2.88. The molecule has 4 heteroatoms. The van der Waals surface area contributed by atoms with E-state index in [0.717, 1.165) is 30.7 Å². The Kier molecular flexibility index (Phi) is 4.10. The lowest BCUT2D eigenvalue weighted by Crippen LogP contribution is -1.97. The van der Waals surface area contributed by atoms with Crippen molar-refractivity contribution in [2.45, 2.75) is 33.1 Å². The molecule has 102 valence electrons. The molecular weight excluding hydrogens is 238 g/mol. The third-order valence-electron chi connectivity index (χ3n) is 3.11. The minimum Gasteiger partial charge on any atom is -0.437 e. The Morgan fingerprint density at radius 2 is 2.11 bits per heavy atom. The van der Waals surface area contributed by atoms with E-state index in [4.69, 9.17) is 10.5 Å². The molecule has 2 N–H and O–H groups in total. The highest BCUT2D eigenvalue weighted by Gasteiger charge is 2.14. The highest BCUT2D eigenvalue weighted by Crippen LogP contribution is 2.30. The van der Waals surface area contributed by atoms with Crippen molar-refractivity contribution in [3.8, 4) is 11.6 Å². The first-order chi connectivity index (χ1) is 9.15. The van der Waals surface area contributed by atoms with E-state index >= 15 is 0 Å². The van der Waals surface area contributed by atoms with Gasteiger partial charge in [0.05, 0.1) is 5.69 Å². The van der Waals surface area contributed by atoms with Crippen LogP contribution in [0.5, 0.6) is 11.6 Å². The fraction of sp³-hybridized carbons (Fsp3) is 0.400. The van der Waals surface area contributed by atoms with Crippen LogP contribution in [0, 0.1) is 0 Å². The number of nitrogens with zero attached hydrogens (tertiary/aromatic N) is 2. The van der Waals surface area contributed by atoms with Crippen LogP contribution in [0.4, 0.5) is 5.69 Å². The summed E-state index contributed by atoms with van der Waals surface area (Å²) in [5.41, 5.74) is 8.90. The second-order valence-electron chi connectivity index (χ2n) is 4.64. The summed E-state index contributed by atoms with van der Waals surface area (Å²) >= 11 is 0. The topological polar surface area (TPSA) is 53.1 Å². The number of nitrogen functional groups attached to an aromatic ring is 1. The molecule has 0 bridgehead atoms. The first kappa shape index (κ1) is 13.5. The Hall–Kier alpha value is -1.97. The summed E-state index contributed by atoms with van der Waals surface area (Å²) in [5, 5.41) is 4.41. The zero-order valence-corrected chi connectivity index (χ0v) is 11.8. The van der Waals surface area contributed by atoms with Crippen molar-refractivity contribution in [1.29, 1.82) is 0 Å². The van der Waals surface area contributed by atoms with Gasteiger partial charge in [-0.2, -0.15) is 5.10 Å². The van der Waals surface area contributed by atoms with Crippen molar-refractivity contribution < 1.29 is 4.74 Å². The molecule has 2 rings (SSSR count). The number of aromatic nitrogens is 2. The van der Waals surface area contributed by atoms with Gasteiger partial charge in [0.25, 0.3) is 0 Å². The van der Waals surface area contributed by atoms with Crippen molar-refractivity contribution in [1.82, 2.24) is 9.78 Å². The standard InChI is InChI=1S/C15H21N3O/c1-4-7-13-14(16)15(18(3)17-13)19-12-9-6-8-11(5-2)10-12/h6,8-10H,4-5,7,16H2,1-3H3. The smallest absolute Gasteiger partial charge is 0.241 e. The maximum Gasteiger partial charge on any atom is 0.241 e. The molecule has 1 heterocycles. The van der Waals surface area contributed by atoms with Gasteiger partial charge in [0, 0.05) is 7.05 Å². The molecule has 0 aliphatic heterocycles. The van der Waals surface area contributed by atoms with Gasteiger partial charge >= 0.3 is 0 Å². The minimum absolute atomic E-state index is 0.622. The molecule has 0 amide bonds. The fourth-order valence-corrected chi connectivity index (χ4v) is 2.06. The van der Waals surface area contributed by atoms with Gasteiger partial charge in [-0.05, 0) is 30.5 Å². The van der Waals surface area contributed by atoms with Crippen molar-refractivity contribution in [2.24, 2.45) is 7.05 Å².